The topological polar surface area (TPSA) is 86.8 Å². The maximum absolute atomic E-state index is 13.6. The van der Waals surface area contributed by atoms with Crippen LogP contribution >= 0.6 is 23.2 Å². The lowest BCUT2D eigenvalue weighted by Gasteiger charge is -2.32. The van der Waals surface area contributed by atoms with Gasteiger partial charge < -0.3 is 10.2 Å². The Kier molecular flexibility index (Phi) is 9.59. The largest absolute Gasteiger partial charge is 0.416 e. The highest BCUT2D eigenvalue weighted by atomic mass is 35.5. The Bertz CT molecular complexity index is 1270. The Labute approximate surface area is 229 Å². The van der Waals surface area contributed by atoms with E-state index in [9.17, 15) is 31.2 Å². The molecule has 1 aliphatic carbocycles. The summed E-state index contributed by atoms with van der Waals surface area (Å²) in [5, 5.41) is 3.10. The molecule has 0 heterocycles. The molecule has 13 heteroatoms. The van der Waals surface area contributed by atoms with Gasteiger partial charge >= 0.3 is 6.18 Å². The van der Waals surface area contributed by atoms with E-state index in [1.54, 1.807) is 24.3 Å². The van der Waals surface area contributed by atoms with Gasteiger partial charge in [-0.15, -0.1) is 0 Å². The van der Waals surface area contributed by atoms with E-state index in [0.717, 1.165) is 44.1 Å². The van der Waals surface area contributed by atoms with Crippen molar-refractivity contribution in [3.05, 3.63) is 63.6 Å². The van der Waals surface area contributed by atoms with Gasteiger partial charge in [-0.2, -0.15) is 13.2 Å². The van der Waals surface area contributed by atoms with E-state index >= 15 is 0 Å². The molecule has 2 aromatic rings. The van der Waals surface area contributed by atoms with E-state index in [2.05, 4.69) is 5.32 Å². The van der Waals surface area contributed by atoms with Crippen molar-refractivity contribution >= 4 is 50.7 Å². The van der Waals surface area contributed by atoms with Crippen LogP contribution in [0.15, 0.2) is 42.5 Å². The summed E-state index contributed by atoms with van der Waals surface area (Å²) in [5.74, 6) is -1.21. The smallest absolute Gasteiger partial charge is 0.352 e. The molecule has 208 valence electrons. The predicted molar refractivity (Wildman–Crippen MR) is 141 cm³/mol. The summed E-state index contributed by atoms with van der Waals surface area (Å²) >= 11 is 12.0. The molecule has 0 aromatic heterocycles. The number of carbonyl (C=O) groups is 2. The van der Waals surface area contributed by atoms with Crippen molar-refractivity contribution in [1.29, 1.82) is 0 Å². The van der Waals surface area contributed by atoms with Gasteiger partial charge in [0.25, 0.3) is 0 Å². The van der Waals surface area contributed by atoms with Gasteiger partial charge in [0, 0.05) is 17.6 Å². The van der Waals surface area contributed by atoms with Gasteiger partial charge in [-0.05, 0) is 55.7 Å². The number of hydrogen-bond donors (Lipinski definition) is 1. The molecule has 1 N–H and O–H groups in total. The summed E-state index contributed by atoms with van der Waals surface area (Å²) in [7, 11) is -4.26. The zero-order valence-electron chi connectivity index (χ0n) is 20.8. The molecule has 0 radical (unpaired) electrons. The second-order valence-electron chi connectivity index (χ2n) is 9.25. The first kappa shape index (κ1) is 30.0. The summed E-state index contributed by atoms with van der Waals surface area (Å²) in [4.78, 5) is 27.8. The minimum atomic E-state index is -4.76. The van der Waals surface area contributed by atoms with E-state index in [0.29, 0.717) is 21.0 Å². The monoisotopic (exact) mass is 593 g/mol. The highest BCUT2D eigenvalue weighted by molar-refractivity contribution is 7.92. The van der Waals surface area contributed by atoms with Gasteiger partial charge in [-0.1, -0.05) is 48.2 Å². The summed E-state index contributed by atoms with van der Waals surface area (Å²) in [6.07, 6.45) is -0.406. The molecular formula is C25H28Cl2F3N3O4S. The molecule has 0 aliphatic heterocycles. The fourth-order valence-electron chi connectivity index (χ4n) is 4.24. The van der Waals surface area contributed by atoms with Crippen LogP contribution in [0.1, 0.15) is 43.7 Å². The van der Waals surface area contributed by atoms with Crippen molar-refractivity contribution in [2.24, 2.45) is 0 Å². The molecule has 0 spiro atoms. The van der Waals surface area contributed by atoms with Crippen LogP contribution in [0.4, 0.5) is 18.9 Å². The molecule has 1 aliphatic rings. The number of benzene rings is 2. The third kappa shape index (κ3) is 7.77. The lowest BCUT2D eigenvalue weighted by molar-refractivity contribution is -0.139. The van der Waals surface area contributed by atoms with Crippen LogP contribution in [0, 0.1) is 0 Å². The van der Waals surface area contributed by atoms with Crippen LogP contribution in [-0.4, -0.2) is 50.0 Å². The number of alkyl halides is 3. The zero-order chi connectivity index (χ0) is 28.3. The van der Waals surface area contributed by atoms with E-state index in [-0.39, 0.29) is 17.6 Å². The van der Waals surface area contributed by atoms with Gasteiger partial charge in [-0.3, -0.25) is 13.9 Å². The molecule has 1 saturated carbocycles. The molecule has 0 unspecified atom stereocenters. The molecule has 0 saturated heterocycles. The van der Waals surface area contributed by atoms with Crippen LogP contribution < -0.4 is 9.62 Å². The average Bonchev–Trinajstić information content (AvgIpc) is 3.33. The third-order valence-electron chi connectivity index (χ3n) is 6.36. The molecule has 7 nitrogen and oxygen atoms in total. The van der Waals surface area contributed by atoms with Gasteiger partial charge in [0.15, 0.2) is 0 Å². The molecular weight excluding hydrogens is 566 g/mol. The van der Waals surface area contributed by atoms with E-state index in [1.807, 2.05) is 0 Å². The normalized spacial score (nSPS) is 15.2. The average molecular weight is 594 g/mol. The number of nitrogens with one attached hydrogen (secondary N) is 1. The molecule has 2 amide bonds. The van der Waals surface area contributed by atoms with Crippen LogP contribution in [-0.2, 0) is 32.3 Å². The number of hydrogen-bond acceptors (Lipinski definition) is 4. The van der Waals surface area contributed by atoms with Crippen LogP contribution in [0.25, 0.3) is 0 Å². The second kappa shape index (κ2) is 12.1. The molecule has 2 aromatic carbocycles. The number of rotatable bonds is 9. The lowest BCUT2D eigenvalue weighted by Crippen LogP contribution is -2.52. The molecule has 0 bridgehead atoms. The van der Waals surface area contributed by atoms with Crippen molar-refractivity contribution in [2.45, 2.75) is 57.4 Å². The highest BCUT2D eigenvalue weighted by Gasteiger charge is 2.35. The van der Waals surface area contributed by atoms with Crippen LogP contribution in [0.2, 0.25) is 10.0 Å². The Morgan fingerprint density at radius 2 is 1.68 bits per heavy atom. The molecule has 1 atom stereocenters. The van der Waals surface area contributed by atoms with E-state index in [1.165, 1.54) is 11.8 Å². The van der Waals surface area contributed by atoms with Gasteiger partial charge in [0.1, 0.15) is 12.6 Å². The third-order valence-corrected chi connectivity index (χ3v) is 8.05. The maximum Gasteiger partial charge on any atom is 0.416 e. The maximum atomic E-state index is 13.6. The molecule has 3 rings (SSSR count). The Morgan fingerprint density at radius 1 is 1.08 bits per heavy atom. The summed E-state index contributed by atoms with van der Waals surface area (Å²) in [6, 6.07) is 7.72. The Balaban J connectivity index is 1.95. The quantitative estimate of drug-likeness (QED) is 0.430. The standard InChI is InChI=1S/C25H28Cl2F3N3O4S/c1-16(24(35)31-20-5-3-4-6-20)32(14-17-7-10-19(26)11-8-17)23(34)15-33(38(2,36)37)22-13-18(25(28,29)30)9-12-21(22)27/h7-13,16,20H,3-6,14-15H2,1-2H3,(H,31,35)/t16-/m1/s1. The molecule has 38 heavy (non-hydrogen) atoms. The summed E-state index contributed by atoms with van der Waals surface area (Å²) < 4.78 is 65.9. The second-order valence-corrected chi connectivity index (χ2v) is 12.0. The first-order valence-corrected chi connectivity index (χ1v) is 14.5. The number of carbonyl (C=O) groups excluding carboxylic acids is 2. The predicted octanol–water partition coefficient (Wildman–Crippen LogP) is 5.25. The first-order valence-electron chi connectivity index (χ1n) is 11.9. The van der Waals surface area contributed by atoms with Crippen molar-refractivity contribution < 1.29 is 31.2 Å². The van der Waals surface area contributed by atoms with Crippen molar-refractivity contribution in [3.8, 4) is 0 Å². The van der Waals surface area contributed by atoms with Gasteiger partial charge in [0.05, 0.1) is 22.5 Å². The SMILES string of the molecule is C[C@H](C(=O)NC1CCCC1)N(Cc1ccc(Cl)cc1)C(=O)CN(c1cc(C(F)(F)F)ccc1Cl)S(C)(=O)=O. The number of halogens is 5. The minimum absolute atomic E-state index is 0.0196. The van der Waals surface area contributed by atoms with Crippen molar-refractivity contribution in [3.63, 3.8) is 0 Å². The summed E-state index contributed by atoms with van der Waals surface area (Å²) in [5.41, 5.74) is -1.00. The lowest BCUT2D eigenvalue weighted by atomic mass is 10.1. The first-order chi connectivity index (χ1) is 17.7. The van der Waals surface area contributed by atoms with Crippen LogP contribution in [0.5, 0.6) is 0 Å². The van der Waals surface area contributed by atoms with E-state index < -0.39 is 51.9 Å². The van der Waals surface area contributed by atoms with Gasteiger partial charge in [0.2, 0.25) is 21.8 Å². The fraction of sp³-hybridized carbons (Fsp3) is 0.440. The number of anilines is 1. The van der Waals surface area contributed by atoms with Gasteiger partial charge in [-0.25, -0.2) is 8.42 Å². The van der Waals surface area contributed by atoms with E-state index in [4.69, 9.17) is 23.2 Å². The van der Waals surface area contributed by atoms with Crippen LogP contribution in [0.3, 0.4) is 0 Å². The molecule has 1 fully saturated rings. The Hall–Kier alpha value is -2.50. The zero-order valence-corrected chi connectivity index (χ0v) is 23.1. The fourth-order valence-corrected chi connectivity index (χ4v) is 5.48. The van der Waals surface area contributed by atoms with Crippen molar-refractivity contribution in [2.75, 3.05) is 17.1 Å². The summed E-state index contributed by atoms with van der Waals surface area (Å²) in [6.45, 7) is 0.581. The Morgan fingerprint density at radius 3 is 2.24 bits per heavy atom. The number of nitrogens with zero attached hydrogens (tertiary/aromatic N) is 2. The minimum Gasteiger partial charge on any atom is -0.352 e. The highest BCUT2D eigenvalue weighted by Crippen LogP contribution is 2.36. The number of sulfonamides is 1. The van der Waals surface area contributed by atoms with Crippen molar-refractivity contribution in [1.82, 2.24) is 10.2 Å². The number of amides is 2.